The number of nitriles is 1. The Bertz CT molecular complexity index is 1190. The molecule has 1 aliphatic heterocycles. The van der Waals surface area contributed by atoms with Crippen LogP contribution < -0.4 is 4.74 Å². The van der Waals surface area contributed by atoms with Gasteiger partial charge in [-0.1, -0.05) is 29.3 Å². The minimum Gasteiger partial charge on any atom is -0.474 e. The van der Waals surface area contributed by atoms with Crippen LogP contribution in [0, 0.1) is 24.2 Å². The summed E-state index contributed by atoms with van der Waals surface area (Å²) in [4.78, 5) is 27.5. The summed E-state index contributed by atoms with van der Waals surface area (Å²) in [5.41, 5.74) is 1.88. The zero-order chi connectivity index (χ0) is 23.5. The molecule has 0 N–H and O–H groups in total. The summed E-state index contributed by atoms with van der Waals surface area (Å²) in [5.74, 6) is 0.840. The van der Waals surface area contributed by atoms with Gasteiger partial charge in [0.05, 0.1) is 21.2 Å². The van der Waals surface area contributed by atoms with Crippen molar-refractivity contribution in [2.45, 2.75) is 25.9 Å². The van der Waals surface area contributed by atoms with Crippen molar-refractivity contribution in [1.82, 2.24) is 19.9 Å². The van der Waals surface area contributed by atoms with E-state index in [9.17, 15) is 4.79 Å². The second kappa shape index (κ2) is 9.74. The van der Waals surface area contributed by atoms with Gasteiger partial charge < -0.3 is 9.64 Å². The number of rotatable bonds is 5. The summed E-state index contributed by atoms with van der Waals surface area (Å²) in [6.07, 6.45) is 4.30. The van der Waals surface area contributed by atoms with Crippen LogP contribution in [0.4, 0.5) is 0 Å². The van der Waals surface area contributed by atoms with Gasteiger partial charge in [0.15, 0.2) is 0 Å². The molecule has 0 spiro atoms. The number of halogens is 2. The Morgan fingerprint density at radius 2 is 1.88 bits per heavy atom. The first kappa shape index (κ1) is 23.0. The summed E-state index contributed by atoms with van der Waals surface area (Å²) in [7, 11) is 0. The maximum Gasteiger partial charge on any atom is 0.257 e. The lowest BCUT2D eigenvalue weighted by molar-refractivity contribution is 0.0769. The number of pyridine rings is 1. The van der Waals surface area contributed by atoms with E-state index in [1.165, 1.54) is 6.20 Å². The molecule has 0 aliphatic carbocycles. The van der Waals surface area contributed by atoms with Crippen molar-refractivity contribution < 1.29 is 9.53 Å². The molecule has 3 atom stereocenters. The van der Waals surface area contributed by atoms with Crippen molar-refractivity contribution in [2.24, 2.45) is 5.92 Å². The minimum atomic E-state index is -0.267. The number of ether oxygens (including phenoxy) is 1. The number of hydrogen-bond acceptors (Lipinski definition) is 6. The van der Waals surface area contributed by atoms with Crippen molar-refractivity contribution in [3.8, 4) is 11.9 Å². The highest BCUT2D eigenvalue weighted by atomic mass is 35.5. The molecule has 1 amide bonds. The molecule has 3 heterocycles. The van der Waals surface area contributed by atoms with E-state index in [2.05, 4.69) is 15.0 Å². The summed E-state index contributed by atoms with van der Waals surface area (Å²) < 4.78 is 6.11. The van der Waals surface area contributed by atoms with Gasteiger partial charge in [0.2, 0.25) is 5.88 Å². The van der Waals surface area contributed by atoms with Crippen molar-refractivity contribution >= 4 is 29.1 Å². The summed E-state index contributed by atoms with van der Waals surface area (Å²) in [5, 5.41) is 9.92. The lowest BCUT2D eigenvalue weighted by Gasteiger charge is -2.25. The lowest BCUT2D eigenvalue weighted by Crippen LogP contribution is -2.32. The van der Waals surface area contributed by atoms with E-state index in [1.807, 2.05) is 25.1 Å². The van der Waals surface area contributed by atoms with Gasteiger partial charge in [-0.15, -0.1) is 0 Å². The average molecular weight is 482 g/mol. The highest BCUT2D eigenvalue weighted by molar-refractivity contribution is 6.42. The Morgan fingerprint density at radius 3 is 2.52 bits per heavy atom. The standard InChI is InChI=1S/C24H21Cl2N5O2/c1-14(33-23-6-3-16(8-27)9-30-23)19-12-31(24(32)18-10-28-15(2)29-11-18)13-20(19)17-4-5-21(25)22(26)7-17/h3-7,9-11,14,19-20H,12-13H2,1-2H3. The van der Waals surface area contributed by atoms with E-state index in [0.717, 1.165) is 5.56 Å². The molecule has 0 saturated carbocycles. The first-order chi connectivity index (χ1) is 15.9. The third kappa shape index (κ3) is 5.08. The van der Waals surface area contributed by atoms with Gasteiger partial charge in [-0.2, -0.15) is 5.26 Å². The van der Waals surface area contributed by atoms with Gasteiger partial charge in [-0.25, -0.2) is 15.0 Å². The predicted molar refractivity (Wildman–Crippen MR) is 124 cm³/mol. The summed E-state index contributed by atoms with van der Waals surface area (Å²) in [6, 6.07) is 10.9. The fraction of sp³-hybridized carbons (Fsp3) is 0.292. The van der Waals surface area contributed by atoms with Crippen LogP contribution in [0.25, 0.3) is 0 Å². The van der Waals surface area contributed by atoms with Crippen molar-refractivity contribution in [3.63, 3.8) is 0 Å². The maximum atomic E-state index is 13.2. The van der Waals surface area contributed by atoms with Crippen LogP contribution in [-0.4, -0.2) is 45.0 Å². The van der Waals surface area contributed by atoms with Crippen LogP contribution in [-0.2, 0) is 0 Å². The van der Waals surface area contributed by atoms with Crippen molar-refractivity contribution in [3.05, 3.63) is 81.5 Å². The van der Waals surface area contributed by atoms with Crippen molar-refractivity contribution in [1.29, 1.82) is 5.26 Å². The monoisotopic (exact) mass is 481 g/mol. The lowest BCUT2D eigenvalue weighted by atomic mass is 9.86. The largest absolute Gasteiger partial charge is 0.474 e. The molecule has 3 unspecified atom stereocenters. The molecule has 4 rings (SSSR count). The van der Waals surface area contributed by atoms with Gasteiger partial charge in [0, 0.05) is 49.6 Å². The van der Waals surface area contributed by atoms with Gasteiger partial charge in [0.25, 0.3) is 5.91 Å². The smallest absolute Gasteiger partial charge is 0.257 e. The number of carbonyl (C=O) groups is 1. The third-order valence-corrected chi connectivity index (χ3v) is 6.57. The van der Waals surface area contributed by atoms with E-state index in [4.69, 9.17) is 33.2 Å². The van der Waals surface area contributed by atoms with Gasteiger partial charge in [-0.05, 0) is 37.6 Å². The van der Waals surface area contributed by atoms with Crippen LogP contribution in [0.5, 0.6) is 5.88 Å². The molecule has 33 heavy (non-hydrogen) atoms. The Hall–Kier alpha value is -3.21. The molecular formula is C24H21Cl2N5O2. The third-order valence-electron chi connectivity index (χ3n) is 5.83. The molecule has 0 bridgehead atoms. The van der Waals surface area contributed by atoms with Crippen molar-refractivity contribution in [2.75, 3.05) is 13.1 Å². The van der Waals surface area contributed by atoms with E-state index in [1.54, 1.807) is 42.4 Å². The van der Waals surface area contributed by atoms with Gasteiger partial charge >= 0.3 is 0 Å². The highest BCUT2D eigenvalue weighted by Gasteiger charge is 2.40. The Balaban J connectivity index is 1.60. The number of likely N-dealkylation sites (tertiary alicyclic amines) is 1. The zero-order valence-electron chi connectivity index (χ0n) is 18.1. The summed E-state index contributed by atoms with van der Waals surface area (Å²) in [6.45, 7) is 4.70. The first-order valence-corrected chi connectivity index (χ1v) is 11.2. The average Bonchev–Trinajstić information content (AvgIpc) is 3.27. The maximum absolute atomic E-state index is 13.2. The quantitative estimate of drug-likeness (QED) is 0.525. The number of amides is 1. The molecule has 0 radical (unpaired) electrons. The van der Waals surface area contributed by atoms with E-state index < -0.39 is 0 Å². The molecule has 1 aliphatic rings. The van der Waals surface area contributed by atoms with Crippen LogP contribution in [0.2, 0.25) is 10.0 Å². The van der Waals surface area contributed by atoms with Crippen LogP contribution in [0.15, 0.2) is 48.9 Å². The fourth-order valence-corrected chi connectivity index (χ4v) is 4.35. The molecular weight excluding hydrogens is 461 g/mol. The molecule has 1 fully saturated rings. The Morgan fingerprint density at radius 1 is 1.12 bits per heavy atom. The number of nitrogens with zero attached hydrogens (tertiary/aromatic N) is 5. The van der Waals surface area contributed by atoms with Crippen LogP contribution in [0.3, 0.4) is 0 Å². The molecule has 1 saturated heterocycles. The number of carbonyl (C=O) groups excluding carboxylic acids is 1. The molecule has 2 aromatic heterocycles. The number of aryl methyl sites for hydroxylation is 1. The zero-order valence-corrected chi connectivity index (χ0v) is 19.6. The molecule has 3 aromatic rings. The Labute approximate surface area is 202 Å². The SMILES string of the molecule is Cc1ncc(C(=O)N2CC(c3ccc(Cl)c(Cl)c3)C(C(C)Oc3ccc(C#N)cn3)C2)cn1. The van der Waals surface area contributed by atoms with E-state index in [0.29, 0.717) is 46.0 Å². The normalized spacial score (nSPS) is 18.6. The highest BCUT2D eigenvalue weighted by Crippen LogP contribution is 2.38. The Kier molecular flexibility index (Phi) is 6.77. The fourth-order valence-electron chi connectivity index (χ4n) is 4.05. The topological polar surface area (TPSA) is 92.0 Å². The first-order valence-electron chi connectivity index (χ1n) is 10.4. The van der Waals surface area contributed by atoms with Crippen LogP contribution >= 0.6 is 23.2 Å². The van der Waals surface area contributed by atoms with Crippen LogP contribution in [0.1, 0.15) is 40.2 Å². The minimum absolute atomic E-state index is 0.0246. The molecule has 9 heteroatoms. The second-order valence-corrected chi connectivity index (χ2v) is 8.81. The molecule has 7 nitrogen and oxygen atoms in total. The molecule has 168 valence electrons. The summed E-state index contributed by atoms with van der Waals surface area (Å²) >= 11 is 12.4. The van der Waals surface area contributed by atoms with Gasteiger partial charge in [0.1, 0.15) is 18.0 Å². The van der Waals surface area contributed by atoms with E-state index >= 15 is 0 Å². The number of hydrogen-bond donors (Lipinski definition) is 0. The number of benzene rings is 1. The second-order valence-electron chi connectivity index (χ2n) is 7.99. The van der Waals surface area contributed by atoms with Gasteiger partial charge in [-0.3, -0.25) is 4.79 Å². The molecule has 1 aromatic carbocycles. The van der Waals surface area contributed by atoms with E-state index in [-0.39, 0.29) is 23.8 Å². The number of aromatic nitrogens is 3. The predicted octanol–water partition coefficient (Wildman–Crippen LogP) is 4.68.